The maximum atomic E-state index is 12.0. The summed E-state index contributed by atoms with van der Waals surface area (Å²) in [4.78, 5) is 12.3. The molecule has 0 bridgehead atoms. The molecule has 0 unspecified atom stereocenters. The van der Waals surface area contributed by atoms with Crippen molar-refractivity contribution in [2.24, 2.45) is 0 Å². The van der Waals surface area contributed by atoms with Crippen LogP contribution < -0.4 is 10.1 Å². The Morgan fingerprint density at radius 2 is 1.73 bits per heavy atom. The molecule has 26 heavy (non-hydrogen) atoms. The SMILES string of the molecule is C[C@@H](NC(=O)CCCOc1ccc(Cl)cc1)c1ccc(S(C)(=O)=O)cc1. The van der Waals surface area contributed by atoms with Crippen LogP contribution in [0.25, 0.3) is 0 Å². The van der Waals surface area contributed by atoms with E-state index in [1.54, 1.807) is 48.5 Å². The Balaban J connectivity index is 1.75. The number of benzene rings is 2. The minimum atomic E-state index is -3.22. The Kier molecular flexibility index (Phi) is 7.06. The fraction of sp³-hybridized carbons (Fsp3) is 0.316. The highest BCUT2D eigenvalue weighted by Gasteiger charge is 2.11. The van der Waals surface area contributed by atoms with Gasteiger partial charge in [-0.25, -0.2) is 8.42 Å². The van der Waals surface area contributed by atoms with Crippen LogP contribution in [0.3, 0.4) is 0 Å². The highest BCUT2D eigenvalue weighted by Crippen LogP contribution is 2.17. The maximum Gasteiger partial charge on any atom is 0.220 e. The number of nitrogens with one attached hydrogen (secondary N) is 1. The van der Waals surface area contributed by atoms with Crippen LogP contribution in [0.15, 0.2) is 53.4 Å². The van der Waals surface area contributed by atoms with E-state index in [-0.39, 0.29) is 16.8 Å². The van der Waals surface area contributed by atoms with Gasteiger partial charge in [0.15, 0.2) is 9.84 Å². The van der Waals surface area contributed by atoms with Gasteiger partial charge in [0.25, 0.3) is 0 Å². The second kappa shape index (κ2) is 9.05. The van der Waals surface area contributed by atoms with Gasteiger partial charge < -0.3 is 10.1 Å². The average molecular weight is 396 g/mol. The summed E-state index contributed by atoms with van der Waals surface area (Å²) in [6.07, 6.45) is 2.10. The van der Waals surface area contributed by atoms with E-state index in [1.807, 2.05) is 6.92 Å². The molecule has 0 saturated heterocycles. The van der Waals surface area contributed by atoms with Crippen molar-refractivity contribution < 1.29 is 17.9 Å². The van der Waals surface area contributed by atoms with Gasteiger partial charge in [0.05, 0.1) is 17.5 Å². The summed E-state index contributed by atoms with van der Waals surface area (Å²) in [6, 6.07) is 13.4. The van der Waals surface area contributed by atoms with E-state index in [4.69, 9.17) is 16.3 Å². The molecule has 2 aromatic rings. The van der Waals surface area contributed by atoms with E-state index in [0.717, 1.165) is 5.56 Å². The lowest BCUT2D eigenvalue weighted by atomic mass is 10.1. The molecule has 7 heteroatoms. The summed E-state index contributed by atoms with van der Waals surface area (Å²) < 4.78 is 28.5. The van der Waals surface area contributed by atoms with Crippen LogP contribution in [-0.4, -0.2) is 27.2 Å². The van der Waals surface area contributed by atoms with E-state index in [1.165, 1.54) is 6.26 Å². The minimum absolute atomic E-state index is 0.0793. The molecule has 1 atom stereocenters. The van der Waals surface area contributed by atoms with Gasteiger partial charge in [-0.3, -0.25) is 4.79 Å². The first-order chi connectivity index (χ1) is 12.3. The van der Waals surface area contributed by atoms with Crippen LogP contribution in [0.5, 0.6) is 5.75 Å². The van der Waals surface area contributed by atoms with E-state index in [9.17, 15) is 13.2 Å². The zero-order valence-electron chi connectivity index (χ0n) is 14.7. The van der Waals surface area contributed by atoms with Crippen LogP contribution in [0.1, 0.15) is 31.4 Å². The molecule has 0 heterocycles. The topological polar surface area (TPSA) is 72.5 Å². The van der Waals surface area contributed by atoms with Crippen LogP contribution in [0, 0.1) is 0 Å². The van der Waals surface area contributed by atoms with E-state index >= 15 is 0 Å². The third kappa shape index (κ3) is 6.35. The van der Waals surface area contributed by atoms with Gasteiger partial charge in [0.1, 0.15) is 5.75 Å². The van der Waals surface area contributed by atoms with Gasteiger partial charge in [-0.1, -0.05) is 23.7 Å². The van der Waals surface area contributed by atoms with E-state index in [0.29, 0.717) is 30.2 Å². The number of ether oxygens (including phenoxy) is 1. The third-order valence-corrected chi connectivity index (χ3v) is 5.20. The Labute approximate surface area is 159 Å². The highest BCUT2D eigenvalue weighted by atomic mass is 35.5. The van der Waals surface area contributed by atoms with Crippen molar-refractivity contribution in [3.8, 4) is 5.75 Å². The van der Waals surface area contributed by atoms with Crippen LogP contribution in [0.2, 0.25) is 5.02 Å². The number of halogens is 1. The van der Waals surface area contributed by atoms with Gasteiger partial charge in [0.2, 0.25) is 5.91 Å². The third-order valence-electron chi connectivity index (χ3n) is 3.82. The maximum absolute atomic E-state index is 12.0. The van der Waals surface area contributed by atoms with Crippen LogP contribution >= 0.6 is 11.6 Å². The summed E-state index contributed by atoms with van der Waals surface area (Å²) in [5, 5.41) is 3.55. The summed E-state index contributed by atoms with van der Waals surface area (Å²) in [5.74, 6) is 0.638. The van der Waals surface area contributed by atoms with Crippen molar-refractivity contribution in [3.63, 3.8) is 0 Å². The Bertz CT molecular complexity index is 833. The molecule has 2 aromatic carbocycles. The zero-order valence-corrected chi connectivity index (χ0v) is 16.3. The molecule has 0 radical (unpaired) electrons. The summed E-state index contributed by atoms with van der Waals surface area (Å²) in [7, 11) is -3.22. The highest BCUT2D eigenvalue weighted by molar-refractivity contribution is 7.90. The van der Waals surface area contributed by atoms with Gasteiger partial charge in [-0.15, -0.1) is 0 Å². The number of carbonyl (C=O) groups excluding carboxylic acids is 1. The summed E-state index contributed by atoms with van der Waals surface area (Å²) in [6.45, 7) is 2.30. The standard InChI is InChI=1S/C19H22ClNO4S/c1-14(15-5-11-18(12-6-15)26(2,23)24)21-19(22)4-3-13-25-17-9-7-16(20)8-10-17/h5-12,14H,3-4,13H2,1-2H3,(H,21,22)/t14-/m1/s1. The lowest BCUT2D eigenvalue weighted by molar-refractivity contribution is -0.121. The first kappa shape index (κ1) is 20.3. The molecule has 0 aliphatic heterocycles. The number of amides is 1. The molecule has 0 spiro atoms. The fourth-order valence-corrected chi connectivity index (χ4v) is 3.11. The van der Waals surface area contributed by atoms with Gasteiger partial charge in [-0.2, -0.15) is 0 Å². The predicted octanol–water partition coefficient (Wildman–Crippen LogP) is 3.78. The molecule has 140 valence electrons. The Morgan fingerprint density at radius 3 is 2.31 bits per heavy atom. The lowest BCUT2D eigenvalue weighted by Gasteiger charge is -2.15. The second-order valence-corrected chi connectivity index (χ2v) is 8.49. The number of hydrogen-bond donors (Lipinski definition) is 1. The summed E-state index contributed by atoms with van der Waals surface area (Å²) >= 11 is 5.81. The molecular formula is C19H22ClNO4S. The number of sulfone groups is 1. The number of rotatable bonds is 8. The molecule has 5 nitrogen and oxygen atoms in total. The second-order valence-electron chi connectivity index (χ2n) is 6.04. The minimum Gasteiger partial charge on any atom is -0.494 e. The molecule has 1 amide bonds. The largest absolute Gasteiger partial charge is 0.494 e. The molecule has 2 rings (SSSR count). The normalized spacial score (nSPS) is 12.4. The molecule has 0 aliphatic carbocycles. The van der Waals surface area contributed by atoms with Gasteiger partial charge in [0, 0.05) is 17.7 Å². The lowest BCUT2D eigenvalue weighted by Crippen LogP contribution is -2.26. The molecule has 0 aromatic heterocycles. The van der Waals surface area contributed by atoms with Gasteiger partial charge in [-0.05, 0) is 55.3 Å². The molecule has 0 saturated carbocycles. The van der Waals surface area contributed by atoms with E-state index < -0.39 is 9.84 Å². The predicted molar refractivity (Wildman–Crippen MR) is 102 cm³/mol. The summed E-state index contributed by atoms with van der Waals surface area (Å²) in [5.41, 5.74) is 0.850. The van der Waals surface area contributed by atoms with Crippen molar-refractivity contribution in [3.05, 3.63) is 59.1 Å². The number of carbonyl (C=O) groups is 1. The Hall–Kier alpha value is -2.05. The Morgan fingerprint density at radius 1 is 1.12 bits per heavy atom. The quantitative estimate of drug-likeness (QED) is 0.690. The first-order valence-electron chi connectivity index (χ1n) is 8.23. The van der Waals surface area contributed by atoms with Crippen LogP contribution in [0.4, 0.5) is 0 Å². The van der Waals surface area contributed by atoms with Crippen LogP contribution in [-0.2, 0) is 14.6 Å². The molecular weight excluding hydrogens is 374 g/mol. The van der Waals surface area contributed by atoms with Crippen molar-refractivity contribution >= 4 is 27.3 Å². The molecule has 0 aliphatic rings. The zero-order chi connectivity index (χ0) is 19.2. The monoisotopic (exact) mass is 395 g/mol. The van der Waals surface area contributed by atoms with Crippen molar-refractivity contribution in [1.29, 1.82) is 0 Å². The molecule has 1 N–H and O–H groups in total. The van der Waals surface area contributed by atoms with Gasteiger partial charge >= 0.3 is 0 Å². The van der Waals surface area contributed by atoms with Crippen molar-refractivity contribution in [2.75, 3.05) is 12.9 Å². The molecule has 0 fully saturated rings. The van der Waals surface area contributed by atoms with Crippen molar-refractivity contribution in [1.82, 2.24) is 5.32 Å². The smallest absolute Gasteiger partial charge is 0.220 e. The van der Waals surface area contributed by atoms with Crippen molar-refractivity contribution in [2.45, 2.75) is 30.7 Å². The fourth-order valence-electron chi connectivity index (χ4n) is 2.35. The van der Waals surface area contributed by atoms with E-state index in [2.05, 4.69) is 5.32 Å². The average Bonchev–Trinajstić information content (AvgIpc) is 2.59. The number of hydrogen-bond acceptors (Lipinski definition) is 4. The first-order valence-corrected chi connectivity index (χ1v) is 10.5.